The predicted molar refractivity (Wildman–Crippen MR) is 81.5 cm³/mol. The van der Waals surface area contributed by atoms with Gasteiger partial charge in [0.25, 0.3) is 5.91 Å². The quantitative estimate of drug-likeness (QED) is 0.873. The molecule has 1 amide bonds. The van der Waals surface area contributed by atoms with Crippen LogP contribution in [0.4, 0.5) is 0 Å². The van der Waals surface area contributed by atoms with Crippen molar-refractivity contribution < 1.29 is 9.32 Å². The fourth-order valence-corrected chi connectivity index (χ4v) is 3.36. The Bertz CT molecular complexity index is 593. The predicted octanol–water partition coefficient (Wildman–Crippen LogP) is 2.31. The number of hydrogen-bond donors (Lipinski definition) is 0. The number of amides is 1. The van der Waals surface area contributed by atoms with Gasteiger partial charge in [0.05, 0.1) is 5.69 Å². The van der Waals surface area contributed by atoms with Gasteiger partial charge in [0.1, 0.15) is 11.3 Å². The third kappa shape index (κ3) is 3.01. The van der Waals surface area contributed by atoms with Crippen molar-refractivity contribution in [3.05, 3.63) is 39.4 Å². The van der Waals surface area contributed by atoms with Crippen LogP contribution in [0.3, 0.4) is 0 Å². The molecule has 0 N–H and O–H groups in total. The van der Waals surface area contributed by atoms with E-state index in [-0.39, 0.29) is 5.91 Å². The van der Waals surface area contributed by atoms with Crippen molar-refractivity contribution in [1.29, 1.82) is 0 Å². The Morgan fingerprint density at radius 2 is 2.10 bits per heavy atom. The number of piperazine rings is 1. The van der Waals surface area contributed by atoms with Crippen molar-refractivity contribution in [3.63, 3.8) is 0 Å². The lowest BCUT2D eigenvalue weighted by Crippen LogP contribution is -2.48. The molecule has 0 radical (unpaired) electrons. The van der Waals surface area contributed by atoms with Crippen LogP contribution in [0.5, 0.6) is 0 Å². The van der Waals surface area contributed by atoms with E-state index in [0.717, 1.165) is 32.7 Å². The Kier molecular flexibility index (Phi) is 4.07. The number of carbonyl (C=O) groups excluding carboxylic acids is 1. The molecule has 0 saturated carbocycles. The number of nitrogens with zero attached hydrogens (tertiary/aromatic N) is 3. The fraction of sp³-hybridized carbons (Fsp3) is 0.467. The Morgan fingerprint density at radius 1 is 1.33 bits per heavy atom. The van der Waals surface area contributed by atoms with Gasteiger partial charge in [0.2, 0.25) is 0 Å². The Balaban J connectivity index is 1.59. The third-order valence-electron chi connectivity index (χ3n) is 3.89. The van der Waals surface area contributed by atoms with E-state index in [4.69, 9.17) is 4.52 Å². The number of aromatic nitrogens is 1. The topological polar surface area (TPSA) is 49.6 Å². The van der Waals surface area contributed by atoms with Crippen LogP contribution in [0.2, 0.25) is 0 Å². The molecule has 112 valence electrons. The van der Waals surface area contributed by atoms with Gasteiger partial charge in [-0.05, 0) is 36.2 Å². The lowest BCUT2D eigenvalue weighted by atomic mass is 10.1. The van der Waals surface area contributed by atoms with Crippen LogP contribution in [-0.4, -0.2) is 47.0 Å². The Hall–Kier alpha value is -1.66. The molecule has 6 heteroatoms. The van der Waals surface area contributed by atoms with E-state index in [1.165, 1.54) is 5.56 Å². The van der Waals surface area contributed by atoms with Crippen LogP contribution in [0.15, 0.2) is 21.3 Å². The highest BCUT2D eigenvalue weighted by atomic mass is 32.1. The highest BCUT2D eigenvalue weighted by Crippen LogP contribution is 2.17. The number of thiophene rings is 1. The van der Waals surface area contributed by atoms with E-state index in [1.807, 2.05) is 11.8 Å². The molecule has 5 nitrogen and oxygen atoms in total. The normalized spacial score (nSPS) is 16.4. The fourth-order valence-electron chi connectivity index (χ4n) is 2.70. The summed E-state index contributed by atoms with van der Waals surface area (Å²) in [7, 11) is 0. The van der Waals surface area contributed by atoms with E-state index in [0.29, 0.717) is 17.0 Å². The molecule has 0 spiro atoms. The molecule has 3 rings (SSSR count). The van der Waals surface area contributed by atoms with Crippen molar-refractivity contribution in [3.8, 4) is 0 Å². The lowest BCUT2D eigenvalue weighted by Gasteiger charge is -2.34. The molecule has 21 heavy (non-hydrogen) atoms. The second-order valence-corrected chi connectivity index (χ2v) is 6.18. The lowest BCUT2D eigenvalue weighted by molar-refractivity contribution is 0.0626. The second kappa shape index (κ2) is 5.99. The van der Waals surface area contributed by atoms with Gasteiger partial charge < -0.3 is 9.42 Å². The summed E-state index contributed by atoms with van der Waals surface area (Å²) < 4.78 is 5.09. The monoisotopic (exact) mass is 305 g/mol. The van der Waals surface area contributed by atoms with Crippen LogP contribution in [0.25, 0.3) is 0 Å². The smallest absolute Gasteiger partial charge is 0.259 e. The molecular weight excluding hydrogens is 286 g/mol. The summed E-state index contributed by atoms with van der Waals surface area (Å²) in [6, 6.07) is 2.16. The molecule has 2 aromatic rings. The van der Waals surface area contributed by atoms with Crippen LogP contribution < -0.4 is 0 Å². The third-order valence-corrected chi connectivity index (χ3v) is 4.63. The summed E-state index contributed by atoms with van der Waals surface area (Å²) in [6.07, 6.45) is 0. The highest BCUT2D eigenvalue weighted by Gasteiger charge is 2.26. The van der Waals surface area contributed by atoms with Crippen molar-refractivity contribution >= 4 is 17.2 Å². The summed E-state index contributed by atoms with van der Waals surface area (Å²) in [5.74, 6) is 0.652. The van der Waals surface area contributed by atoms with Crippen molar-refractivity contribution in [2.75, 3.05) is 26.2 Å². The molecule has 3 heterocycles. The molecule has 1 aliphatic heterocycles. The molecule has 2 aromatic heterocycles. The number of rotatable bonds is 3. The minimum absolute atomic E-state index is 0.0430. The first-order valence-electron chi connectivity index (χ1n) is 7.10. The van der Waals surface area contributed by atoms with Crippen LogP contribution in [-0.2, 0) is 6.54 Å². The molecule has 1 saturated heterocycles. The molecule has 0 atom stereocenters. The summed E-state index contributed by atoms with van der Waals surface area (Å²) in [6.45, 7) is 7.91. The van der Waals surface area contributed by atoms with Gasteiger partial charge in [-0.15, -0.1) is 0 Å². The first-order valence-corrected chi connectivity index (χ1v) is 8.05. The Labute approximate surface area is 128 Å². The van der Waals surface area contributed by atoms with E-state index >= 15 is 0 Å². The molecular formula is C15H19N3O2S. The van der Waals surface area contributed by atoms with Gasteiger partial charge >= 0.3 is 0 Å². The average Bonchev–Trinajstić information content (AvgIpc) is 3.09. The van der Waals surface area contributed by atoms with Gasteiger partial charge in [-0.2, -0.15) is 11.3 Å². The number of hydrogen-bond acceptors (Lipinski definition) is 5. The molecule has 0 aliphatic carbocycles. The molecule has 1 aliphatic rings. The van der Waals surface area contributed by atoms with Gasteiger partial charge in [-0.1, -0.05) is 5.16 Å². The number of aryl methyl sites for hydroxylation is 2. The largest absolute Gasteiger partial charge is 0.361 e. The van der Waals surface area contributed by atoms with Gasteiger partial charge in [0.15, 0.2) is 0 Å². The molecule has 0 unspecified atom stereocenters. The summed E-state index contributed by atoms with van der Waals surface area (Å²) in [5, 5.41) is 8.15. The maximum atomic E-state index is 12.5. The van der Waals surface area contributed by atoms with E-state index < -0.39 is 0 Å². The first kappa shape index (κ1) is 14.3. The first-order chi connectivity index (χ1) is 10.1. The Morgan fingerprint density at radius 3 is 2.67 bits per heavy atom. The standard InChI is InChI=1S/C15H19N3O2S/c1-11-14(12(2)20-16-11)15(19)18-6-4-17(5-7-18)9-13-3-8-21-10-13/h3,8,10H,4-7,9H2,1-2H3. The van der Waals surface area contributed by atoms with Crippen LogP contribution >= 0.6 is 11.3 Å². The van der Waals surface area contributed by atoms with Gasteiger partial charge in [-0.3, -0.25) is 9.69 Å². The van der Waals surface area contributed by atoms with Gasteiger partial charge in [-0.25, -0.2) is 0 Å². The molecule has 1 fully saturated rings. The average molecular weight is 305 g/mol. The summed E-state index contributed by atoms with van der Waals surface area (Å²) >= 11 is 1.73. The minimum atomic E-state index is 0.0430. The number of carbonyl (C=O) groups is 1. The zero-order valence-electron chi connectivity index (χ0n) is 12.3. The van der Waals surface area contributed by atoms with Crippen LogP contribution in [0, 0.1) is 13.8 Å². The zero-order valence-corrected chi connectivity index (χ0v) is 13.2. The SMILES string of the molecule is Cc1noc(C)c1C(=O)N1CCN(Cc2ccsc2)CC1. The van der Waals surface area contributed by atoms with Crippen molar-refractivity contribution in [2.45, 2.75) is 20.4 Å². The van der Waals surface area contributed by atoms with Crippen molar-refractivity contribution in [2.24, 2.45) is 0 Å². The summed E-state index contributed by atoms with van der Waals surface area (Å²) in [4.78, 5) is 16.8. The van der Waals surface area contributed by atoms with E-state index in [2.05, 4.69) is 26.9 Å². The highest BCUT2D eigenvalue weighted by molar-refractivity contribution is 7.07. The van der Waals surface area contributed by atoms with Gasteiger partial charge in [0, 0.05) is 32.7 Å². The molecule has 0 bridgehead atoms. The molecule has 0 aromatic carbocycles. The van der Waals surface area contributed by atoms with E-state index in [1.54, 1.807) is 18.3 Å². The summed E-state index contributed by atoms with van der Waals surface area (Å²) in [5.41, 5.74) is 2.66. The van der Waals surface area contributed by atoms with Crippen molar-refractivity contribution in [1.82, 2.24) is 15.0 Å². The minimum Gasteiger partial charge on any atom is -0.361 e. The van der Waals surface area contributed by atoms with E-state index in [9.17, 15) is 4.79 Å². The zero-order chi connectivity index (χ0) is 14.8. The maximum absolute atomic E-state index is 12.5. The second-order valence-electron chi connectivity index (χ2n) is 5.40. The van der Waals surface area contributed by atoms with Crippen LogP contribution in [0.1, 0.15) is 27.4 Å². The maximum Gasteiger partial charge on any atom is 0.259 e.